The highest BCUT2D eigenvalue weighted by molar-refractivity contribution is 7.98. The van der Waals surface area contributed by atoms with E-state index in [1.54, 1.807) is 17.8 Å². The third-order valence-electron chi connectivity index (χ3n) is 2.31. The van der Waals surface area contributed by atoms with Crippen molar-refractivity contribution in [1.82, 2.24) is 0 Å². The van der Waals surface area contributed by atoms with Crippen LogP contribution < -0.4 is 4.74 Å². The minimum Gasteiger partial charge on any atom is -0.489 e. The zero-order valence-electron chi connectivity index (χ0n) is 8.03. The summed E-state index contributed by atoms with van der Waals surface area (Å²) in [6.45, 7) is 0. The lowest BCUT2D eigenvalue weighted by atomic mass is 10.1. The number of thioether (sulfide) groups is 1. The zero-order valence-corrected chi connectivity index (χ0v) is 8.84. The molecule has 1 aliphatic heterocycles. The average molecular weight is 208 g/mol. The highest BCUT2D eigenvalue weighted by Crippen LogP contribution is 2.30. The van der Waals surface area contributed by atoms with E-state index in [-0.39, 0.29) is 6.10 Å². The first-order valence-electron chi connectivity index (χ1n) is 4.57. The number of rotatable bonds is 3. The Labute approximate surface area is 87.6 Å². The first kappa shape index (κ1) is 9.59. The maximum Gasteiger partial charge on any atom is 0.150 e. The van der Waals surface area contributed by atoms with Gasteiger partial charge in [0.15, 0.2) is 0 Å². The average Bonchev–Trinajstić information content (AvgIpc) is 2.59. The van der Waals surface area contributed by atoms with Crippen molar-refractivity contribution in [2.45, 2.75) is 12.5 Å². The molecule has 0 unspecified atom stereocenters. The first-order chi connectivity index (χ1) is 6.83. The molecule has 2 nitrogen and oxygen atoms in total. The topological polar surface area (TPSA) is 26.3 Å². The Balaban J connectivity index is 2.18. The Morgan fingerprint density at radius 3 is 3.21 bits per heavy atom. The molecular formula is C11H12O2S. The molecule has 0 fully saturated rings. The number of carbonyl (C=O) groups is 1. The molecule has 0 saturated heterocycles. The van der Waals surface area contributed by atoms with Crippen molar-refractivity contribution in [1.29, 1.82) is 0 Å². The van der Waals surface area contributed by atoms with Crippen LogP contribution in [0.25, 0.3) is 0 Å². The molecular weight excluding hydrogens is 196 g/mol. The fraction of sp³-hybridized carbons (Fsp3) is 0.364. The van der Waals surface area contributed by atoms with Crippen LogP contribution in [0.2, 0.25) is 0 Å². The number of ether oxygens (including phenoxy) is 1. The van der Waals surface area contributed by atoms with Gasteiger partial charge in [-0.25, -0.2) is 0 Å². The summed E-state index contributed by atoms with van der Waals surface area (Å²) in [4.78, 5) is 10.6. The summed E-state index contributed by atoms with van der Waals surface area (Å²) in [5.41, 5.74) is 1.89. The number of hydrogen-bond donors (Lipinski definition) is 0. The SMILES string of the molecule is CSC[C@H]1Cc2cc(C=O)ccc2O1. The second-order valence-electron chi connectivity index (χ2n) is 3.38. The fourth-order valence-corrected chi connectivity index (χ4v) is 2.25. The predicted molar refractivity (Wildman–Crippen MR) is 58.3 cm³/mol. The molecule has 0 bridgehead atoms. The molecule has 1 aliphatic rings. The van der Waals surface area contributed by atoms with E-state index < -0.39 is 0 Å². The van der Waals surface area contributed by atoms with Crippen molar-refractivity contribution in [3.8, 4) is 5.75 Å². The minimum atomic E-state index is 0.280. The number of aldehydes is 1. The second kappa shape index (κ2) is 4.05. The normalized spacial score (nSPS) is 18.8. The standard InChI is InChI=1S/C11H12O2S/c1-14-7-10-5-9-4-8(6-12)2-3-11(9)13-10/h2-4,6,10H,5,7H2,1H3/t10-/m1/s1. The van der Waals surface area contributed by atoms with Crippen LogP contribution in [-0.4, -0.2) is 24.4 Å². The Morgan fingerprint density at radius 2 is 2.50 bits per heavy atom. The van der Waals surface area contributed by atoms with E-state index in [2.05, 4.69) is 6.26 Å². The van der Waals surface area contributed by atoms with Crippen molar-refractivity contribution >= 4 is 18.0 Å². The molecule has 0 radical (unpaired) electrons. The van der Waals surface area contributed by atoms with E-state index >= 15 is 0 Å². The highest BCUT2D eigenvalue weighted by atomic mass is 32.2. The monoisotopic (exact) mass is 208 g/mol. The molecule has 0 amide bonds. The Kier molecular flexibility index (Phi) is 2.77. The summed E-state index contributed by atoms with van der Waals surface area (Å²) in [7, 11) is 0. The predicted octanol–water partition coefficient (Wildman–Crippen LogP) is 2.17. The summed E-state index contributed by atoms with van der Waals surface area (Å²) in [6.07, 6.45) is 4.16. The maximum absolute atomic E-state index is 10.6. The number of benzene rings is 1. The number of hydrogen-bond acceptors (Lipinski definition) is 3. The van der Waals surface area contributed by atoms with Gasteiger partial charge in [-0.1, -0.05) is 0 Å². The van der Waals surface area contributed by atoms with Crippen LogP contribution in [0.3, 0.4) is 0 Å². The van der Waals surface area contributed by atoms with Crippen molar-refractivity contribution < 1.29 is 9.53 Å². The molecule has 0 saturated carbocycles. The summed E-state index contributed by atoms with van der Waals surface area (Å²) in [6, 6.07) is 5.61. The molecule has 0 aliphatic carbocycles. The molecule has 1 aromatic carbocycles. The van der Waals surface area contributed by atoms with Gasteiger partial charge >= 0.3 is 0 Å². The van der Waals surface area contributed by atoms with Crippen LogP contribution in [0.15, 0.2) is 18.2 Å². The van der Waals surface area contributed by atoms with Crippen LogP contribution in [0.5, 0.6) is 5.75 Å². The molecule has 1 atom stereocenters. The van der Waals surface area contributed by atoms with E-state index in [0.717, 1.165) is 35.3 Å². The van der Waals surface area contributed by atoms with Crippen LogP contribution in [0.1, 0.15) is 15.9 Å². The summed E-state index contributed by atoms with van der Waals surface area (Å²) >= 11 is 1.78. The van der Waals surface area contributed by atoms with Gasteiger partial charge in [-0.15, -0.1) is 0 Å². The van der Waals surface area contributed by atoms with E-state index in [1.165, 1.54) is 0 Å². The first-order valence-corrected chi connectivity index (χ1v) is 5.96. The maximum atomic E-state index is 10.6. The summed E-state index contributed by atoms with van der Waals surface area (Å²) < 4.78 is 5.71. The molecule has 0 N–H and O–H groups in total. The number of fused-ring (bicyclic) bond motifs is 1. The van der Waals surface area contributed by atoms with Crippen LogP contribution in [0.4, 0.5) is 0 Å². The van der Waals surface area contributed by atoms with Crippen molar-refractivity contribution in [2.75, 3.05) is 12.0 Å². The van der Waals surface area contributed by atoms with Crippen molar-refractivity contribution in [3.63, 3.8) is 0 Å². The third-order valence-corrected chi connectivity index (χ3v) is 3.02. The lowest BCUT2D eigenvalue weighted by Gasteiger charge is -2.07. The van der Waals surface area contributed by atoms with E-state index in [0.29, 0.717) is 0 Å². The highest BCUT2D eigenvalue weighted by Gasteiger charge is 2.22. The quantitative estimate of drug-likeness (QED) is 0.712. The zero-order chi connectivity index (χ0) is 9.97. The number of carbonyl (C=O) groups excluding carboxylic acids is 1. The minimum absolute atomic E-state index is 0.280. The molecule has 3 heteroatoms. The summed E-state index contributed by atoms with van der Waals surface area (Å²) in [5, 5.41) is 0. The van der Waals surface area contributed by atoms with Gasteiger partial charge in [-0.2, -0.15) is 11.8 Å². The van der Waals surface area contributed by atoms with Crippen molar-refractivity contribution in [2.24, 2.45) is 0 Å². The lowest BCUT2D eigenvalue weighted by molar-refractivity contribution is 0.112. The van der Waals surface area contributed by atoms with Crippen molar-refractivity contribution in [3.05, 3.63) is 29.3 Å². The van der Waals surface area contributed by atoms with Gasteiger partial charge in [0.05, 0.1) is 0 Å². The molecule has 1 heterocycles. The van der Waals surface area contributed by atoms with Gasteiger partial charge < -0.3 is 4.74 Å². The van der Waals surface area contributed by atoms with Crippen LogP contribution in [-0.2, 0) is 6.42 Å². The second-order valence-corrected chi connectivity index (χ2v) is 4.30. The van der Waals surface area contributed by atoms with E-state index in [4.69, 9.17) is 4.74 Å². The molecule has 2 rings (SSSR count). The fourth-order valence-electron chi connectivity index (χ4n) is 1.69. The molecule has 0 spiro atoms. The smallest absolute Gasteiger partial charge is 0.150 e. The van der Waals surface area contributed by atoms with Crippen LogP contribution >= 0.6 is 11.8 Å². The van der Waals surface area contributed by atoms with Gasteiger partial charge in [0.25, 0.3) is 0 Å². The van der Waals surface area contributed by atoms with E-state index in [9.17, 15) is 4.79 Å². The van der Waals surface area contributed by atoms with Gasteiger partial charge in [-0.3, -0.25) is 4.79 Å². The Hall–Kier alpha value is -0.960. The van der Waals surface area contributed by atoms with Gasteiger partial charge in [0, 0.05) is 17.7 Å². The molecule has 0 aromatic heterocycles. The van der Waals surface area contributed by atoms with Gasteiger partial charge in [-0.05, 0) is 30.0 Å². The summed E-state index contributed by atoms with van der Waals surface area (Å²) in [5.74, 6) is 1.94. The van der Waals surface area contributed by atoms with Gasteiger partial charge in [0.1, 0.15) is 18.1 Å². The molecule has 1 aromatic rings. The van der Waals surface area contributed by atoms with Crippen LogP contribution in [0, 0.1) is 0 Å². The molecule has 14 heavy (non-hydrogen) atoms. The molecule has 74 valence electrons. The lowest BCUT2D eigenvalue weighted by Crippen LogP contribution is -2.15. The Bertz CT molecular complexity index is 349. The van der Waals surface area contributed by atoms with Gasteiger partial charge in [0.2, 0.25) is 0 Å². The van der Waals surface area contributed by atoms with E-state index in [1.807, 2.05) is 12.1 Å². The third kappa shape index (κ3) is 1.77. The Morgan fingerprint density at radius 1 is 1.64 bits per heavy atom. The largest absolute Gasteiger partial charge is 0.489 e.